The molecule has 0 atom stereocenters. The van der Waals surface area contributed by atoms with E-state index in [4.69, 9.17) is 9.47 Å². The third-order valence-corrected chi connectivity index (χ3v) is 3.06. The second-order valence-corrected chi connectivity index (χ2v) is 4.50. The molecule has 2 aromatic rings. The summed E-state index contributed by atoms with van der Waals surface area (Å²) in [6.45, 7) is 2.33. The maximum absolute atomic E-state index is 9.32. The van der Waals surface area contributed by atoms with Crippen LogP contribution in [0.2, 0.25) is 0 Å². The van der Waals surface area contributed by atoms with Gasteiger partial charge in [-0.25, -0.2) is 0 Å². The van der Waals surface area contributed by atoms with E-state index < -0.39 is 7.12 Å². The van der Waals surface area contributed by atoms with Gasteiger partial charge in [-0.1, -0.05) is 30.3 Å². The third-order valence-electron chi connectivity index (χ3n) is 3.06. The Hall–Kier alpha value is -1.98. The molecule has 0 fully saturated rings. The van der Waals surface area contributed by atoms with Gasteiger partial charge in [0.1, 0.15) is 18.1 Å². The summed E-state index contributed by atoms with van der Waals surface area (Å²) in [6.07, 6.45) is 0. The van der Waals surface area contributed by atoms with Gasteiger partial charge >= 0.3 is 7.12 Å². The van der Waals surface area contributed by atoms with Crippen molar-refractivity contribution >= 4 is 12.6 Å². The zero-order chi connectivity index (χ0) is 14.5. The first-order chi connectivity index (χ1) is 9.61. The molecule has 2 rings (SSSR count). The molecular weight excluding hydrogens is 255 g/mol. The summed E-state index contributed by atoms with van der Waals surface area (Å²) in [6, 6.07) is 13.0. The molecule has 0 saturated carbocycles. The summed E-state index contributed by atoms with van der Waals surface area (Å²) in [5, 5.41) is 18.6. The van der Waals surface area contributed by atoms with Gasteiger partial charge in [0, 0.05) is 5.46 Å². The summed E-state index contributed by atoms with van der Waals surface area (Å²) >= 11 is 0. The maximum atomic E-state index is 9.32. The van der Waals surface area contributed by atoms with E-state index in [1.165, 1.54) is 7.11 Å². The average Bonchev–Trinajstić information content (AvgIpc) is 2.46. The molecule has 2 aromatic carbocycles. The van der Waals surface area contributed by atoms with Crippen LogP contribution in [0.1, 0.15) is 11.1 Å². The number of rotatable bonds is 5. The lowest BCUT2D eigenvalue weighted by Crippen LogP contribution is -2.31. The number of hydrogen-bond donors (Lipinski definition) is 2. The first-order valence-corrected chi connectivity index (χ1v) is 6.33. The predicted octanol–water partition coefficient (Wildman–Crippen LogP) is 1.26. The van der Waals surface area contributed by atoms with E-state index >= 15 is 0 Å². The molecule has 0 aliphatic heterocycles. The average molecular weight is 272 g/mol. The smallest absolute Gasteiger partial charge is 0.492 e. The van der Waals surface area contributed by atoms with Crippen LogP contribution in [0, 0.1) is 6.92 Å². The minimum Gasteiger partial charge on any atom is -0.497 e. The Morgan fingerprint density at radius 3 is 2.45 bits per heavy atom. The topological polar surface area (TPSA) is 58.9 Å². The normalized spacial score (nSPS) is 10.2. The molecule has 0 bridgehead atoms. The summed E-state index contributed by atoms with van der Waals surface area (Å²) in [4.78, 5) is 0. The number of ether oxygens (including phenoxy) is 2. The number of hydrogen-bond acceptors (Lipinski definition) is 4. The van der Waals surface area contributed by atoms with Gasteiger partial charge in [-0.2, -0.15) is 0 Å². The minimum absolute atomic E-state index is 0.332. The van der Waals surface area contributed by atoms with Crippen molar-refractivity contribution < 1.29 is 19.5 Å². The molecule has 2 N–H and O–H groups in total. The second-order valence-electron chi connectivity index (χ2n) is 4.50. The van der Waals surface area contributed by atoms with Crippen LogP contribution >= 0.6 is 0 Å². The molecule has 0 aromatic heterocycles. The van der Waals surface area contributed by atoms with Crippen molar-refractivity contribution in [3.05, 3.63) is 53.6 Å². The molecule has 0 amide bonds. The van der Waals surface area contributed by atoms with Crippen molar-refractivity contribution in [2.45, 2.75) is 13.5 Å². The first kappa shape index (κ1) is 14.4. The highest BCUT2D eigenvalue weighted by Crippen LogP contribution is 2.18. The highest BCUT2D eigenvalue weighted by molar-refractivity contribution is 6.59. The molecule has 5 heteroatoms. The van der Waals surface area contributed by atoms with Gasteiger partial charge in [0.25, 0.3) is 0 Å². The quantitative estimate of drug-likeness (QED) is 0.804. The fourth-order valence-corrected chi connectivity index (χ4v) is 1.95. The van der Waals surface area contributed by atoms with E-state index in [9.17, 15) is 10.0 Å². The Labute approximate surface area is 118 Å². The Morgan fingerprint density at radius 2 is 1.80 bits per heavy atom. The molecule has 0 aliphatic rings. The van der Waals surface area contributed by atoms with Gasteiger partial charge < -0.3 is 19.5 Å². The van der Waals surface area contributed by atoms with E-state index in [2.05, 4.69) is 0 Å². The lowest BCUT2D eigenvalue weighted by molar-refractivity contribution is 0.304. The number of methoxy groups -OCH3 is 1. The van der Waals surface area contributed by atoms with Crippen LogP contribution in [-0.4, -0.2) is 24.3 Å². The van der Waals surface area contributed by atoms with Crippen LogP contribution in [-0.2, 0) is 6.61 Å². The monoisotopic (exact) mass is 272 g/mol. The van der Waals surface area contributed by atoms with Crippen molar-refractivity contribution in [1.82, 2.24) is 0 Å². The SMILES string of the molecule is COc1ccc(COc2ccccc2C)cc1B(O)O. The lowest BCUT2D eigenvalue weighted by Gasteiger charge is -2.12. The molecule has 0 unspecified atom stereocenters. The molecule has 20 heavy (non-hydrogen) atoms. The van der Waals surface area contributed by atoms with Crippen LogP contribution in [0.3, 0.4) is 0 Å². The summed E-state index contributed by atoms with van der Waals surface area (Å²) in [5.41, 5.74) is 2.24. The summed E-state index contributed by atoms with van der Waals surface area (Å²) < 4.78 is 10.8. The Bertz CT molecular complexity index is 584. The van der Waals surface area contributed by atoms with E-state index in [0.29, 0.717) is 17.8 Å². The van der Waals surface area contributed by atoms with Crippen molar-refractivity contribution in [3.63, 3.8) is 0 Å². The van der Waals surface area contributed by atoms with E-state index in [1.807, 2.05) is 37.3 Å². The van der Waals surface area contributed by atoms with Crippen LogP contribution < -0.4 is 14.9 Å². The standard InChI is InChI=1S/C15H17BO4/c1-11-5-3-4-6-14(11)20-10-12-7-8-15(19-2)13(9-12)16(17)18/h3-9,17-18H,10H2,1-2H3. The second kappa shape index (κ2) is 6.46. The highest BCUT2D eigenvalue weighted by atomic mass is 16.5. The fraction of sp³-hybridized carbons (Fsp3) is 0.200. The van der Waals surface area contributed by atoms with E-state index in [-0.39, 0.29) is 0 Å². The molecule has 0 aliphatic carbocycles. The van der Waals surface area contributed by atoms with Crippen molar-refractivity contribution in [2.24, 2.45) is 0 Å². The fourth-order valence-electron chi connectivity index (χ4n) is 1.95. The lowest BCUT2D eigenvalue weighted by atomic mass is 9.79. The number of para-hydroxylation sites is 1. The largest absolute Gasteiger partial charge is 0.497 e. The zero-order valence-corrected chi connectivity index (χ0v) is 11.5. The van der Waals surface area contributed by atoms with E-state index in [1.54, 1.807) is 12.1 Å². The van der Waals surface area contributed by atoms with Gasteiger partial charge in [-0.15, -0.1) is 0 Å². The highest BCUT2D eigenvalue weighted by Gasteiger charge is 2.17. The molecular formula is C15H17BO4. The molecule has 104 valence electrons. The summed E-state index contributed by atoms with van der Waals surface area (Å²) in [7, 11) is -0.0755. The molecule has 0 spiro atoms. The number of aryl methyl sites for hydroxylation is 1. The van der Waals surface area contributed by atoms with Gasteiger partial charge in [0.15, 0.2) is 0 Å². The van der Waals surface area contributed by atoms with Gasteiger partial charge in [-0.05, 0) is 30.2 Å². The van der Waals surface area contributed by atoms with Crippen molar-refractivity contribution in [1.29, 1.82) is 0 Å². The molecule has 0 heterocycles. The Kier molecular flexibility index (Phi) is 4.66. The molecule has 0 saturated heterocycles. The van der Waals surface area contributed by atoms with Gasteiger partial charge in [0.2, 0.25) is 0 Å². The van der Waals surface area contributed by atoms with Crippen molar-refractivity contribution in [3.8, 4) is 11.5 Å². The van der Waals surface area contributed by atoms with Crippen LogP contribution in [0.15, 0.2) is 42.5 Å². The number of benzene rings is 2. The van der Waals surface area contributed by atoms with E-state index in [0.717, 1.165) is 16.9 Å². The molecule has 0 radical (unpaired) electrons. The Morgan fingerprint density at radius 1 is 1.05 bits per heavy atom. The van der Waals surface area contributed by atoms with Crippen molar-refractivity contribution in [2.75, 3.05) is 7.11 Å². The first-order valence-electron chi connectivity index (χ1n) is 6.33. The Balaban J connectivity index is 2.14. The minimum atomic E-state index is -1.57. The van der Waals surface area contributed by atoms with Gasteiger partial charge in [-0.3, -0.25) is 0 Å². The van der Waals surface area contributed by atoms with Crippen LogP contribution in [0.5, 0.6) is 11.5 Å². The third kappa shape index (κ3) is 3.32. The van der Waals surface area contributed by atoms with Crippen LogP contribution in [0.4, 0.5) is 0 Å². The van der Waals surface area contributed by atoms with Crippen LogP contribution in [0.25, 0.3) is 0 Å². The zero-order valence-electron chi connectivity index (χ0n) is 11.5. The predicted molar refractivity (Wildman–Crippen MR) is 78.3 cm³/mol. The summed E-state index contributed by atoms with van der Waals surface area (Å²) in [5.74, 6) is 1.26. The van der Waals surface area contributed by atoms with Gasteiger partial charge in [0.05, 0.1) is 7.11 Å². The molecule has 4 nitrogen and oxygen atoms in total. The maximum Gasteiger partial charge on any atom is 0.492 e.